The van der Waals surface area contributed by atoms with Gasteiger partial charge in [0.05, 0.1) is 23.2 Å². The van der Waals surface area contributed by atoms with Crippen LogP contribution in [0.1, 0.15) is 30.5 Å². The van der Waals surface area contributed by atoms with Gasteiger partial charge in [-0.25, -0.2) is 13.4 Å². The molecule has 0 aliphatic carbocycles. The second kappa shape index (κ2) is 8.08. The van der Waals surface area contributed by atoms with E-state index in [-0.39, 0.29) is 22.0 Å². The molecule has 1 aliphatic heterocycles. The molecule has 30 heavy (non-hydrogen) atoms. The predicted molar refractivity (Wildman–Crippen MR) is 116 cm³/mol. The molecule has 1 unspecified atom stereocenters. The third kappa shape index (κ3) is 4.31. The van der Waals surface area contributed by atoms with Crippen molar-refractivity contribution in [1.29, 1.82) is 0 Å². The minimum atomic E-state index is -3.71. The van der Waals surface area contributed by atoms with Gasteiger partial charge in [-0.1, -0.05) is 17.7 Å². The number of aromatic nitrogens is 1. The number of amides is 1. The molecule has 0 fully saturated rings. The maximum atomic E-state index is 12.6. The average Bonchev–Trinajstić information content (AvgIpc) is 3.15. The highest BCUT2D eigenvalue weighted by Crippen LogP contribution is 2.36. The van der Waals surface area contributed by atoms with Crippen LogP contribution >= 0.6 is 11.3 Å². The van der Waals surface area contributed by atoms with Crippen molar-refractivity contribution in [3.05, 3.63) is 59.0 Å². The van der Waals surface area contributed by atoms with Gasteiger partial charge < -0.3 is 10.1 Å². The summed E-state index contributed by atoms with van der Waals surface area (Å²) in [6.45, 7) is 3.93. The van der Waals surface area contributed by atoms with E-state index in [0.29, 0.717) is 18.7 Å². The molecule has 0 spiro atoms. The zero-order chi connectivity index (χ0) is 21.3. The predicted octanol–water partition coefficient (Wildman–Crippen LogP) is 3.88. The Morgan fingerprint density at radius 3 is 2.70 bits per heavy atom. The van der Waals surface area contributed by atoms with Gasteiger partial charge in [0.15, 0.2) is 5.13 Å². The van der Waals surface area contributed by atoms with Crippen molar-refractivity contribution in [1.82, 2.24) is 10.3 Å². The zero-order valence-corrected chi connectivity index (χ0v) is 18.1. The largest absolute Gasteiger partial charge is 0.493 e. The van der Waals surface area contributed by atoms with Crippen LogP contribution in [0.5, 0.6) is 5.75 Å². The number of anilines is 1. The third-order valence-electron chi connectivity index (χ3n) is 4.78. The molecule has 4 rings (SSSR count). The average molecular weight is 444 g/mol. The lowest BCUT2D eigenvalue weighted by atomic mass is 9.97. The minimum Gasteiger partial charge on any atom is -0.493 e. The maximum Gasteiger partial charge on any atom is 0.263 e. The lowest BCUT2D eigenvalue weighted by Gasteiger charge is -2.26. The Balaban J connectivity index is 1.58. The van der Waals surface area contributed by atoms with Gasteiger partial charge in [-0.15, -0.1) is 11.3 Å². The number of sulfonamides is 1. The molecule has 2 heterocycles. The quantitative estimate of drug-likeness (QED) is 0.624. The van der Waals surface area contributed by atoms with Gasteiger partial charge in [0, 0.05) is 29.9 Å². The Labute approximate surface area is 179 Å². The van der Waals surface area contributed by atoms with E-state index < -0.39 is 10.0 Å². The smallest absolute Gasteiger partial charge is 0.263 e. The first kappa shape index (κ1) is 20.4. The minimum absolute atomic E-state index is 0.0975. The van der Waals surface area contributed by atoms with Crippen molar-refractivity contribution in [2.45, 2.75) is 31.2 Å². The number of benzene rings is 2. The SMILES string of the molecule is CC(=O)NC1CCOc2ccc(-c3csc(NS(=O)(=O)c4ccc(C)cc4)n3)cc21. The van der Waals surface area contributed by atoms with Crippen LogP contribution in [0.15, 0.2) is 52.7 Å². The fourth-order valence-corrected chi connectivity index (χ4v) is 5.27. The molecule has 1 aliphatic rings. The van der Waals surface area contributed by atoms with Crippen LogP contribution in [0.2, 0.25) is 0 Å². The van der Waals surface area contributed by atoms with E-state index in [1.165, 1.54) is 18.3 Å². The molecule has 0 radical (unpaired) electrons. The molecule has 9 heteroatoms. The van der Waals surface area contributed by atoms with E-state index in [2.05, 4.69) is 15.0 Å². The number of carbonyl (C=O) groups excluding carboxylic acids is 1. The Hall–Kier alpha value is -2.91. The van der Waals surface area contributed by atoms with Crippen LogP contribution in [-0.2, 0) is 14.8 Å². The number of hydrogen-bond donors (Lipinski definition) is 2. The maximum absolute atomic E-state index is 12.6. The van der Waals surface area contributed by atoms with Gasteiger partial charge >= 0.3 is 0 Å². The zero-order valence-electron chi connectivity index (χ0n) is 16.5. The molecular formula is C21H21N3O4S2. The van der Waals surface area contributed by atoms with Crippen LogP contribution < -0.4 is 14.8 Å². The first-order valence-electron chi connectivity index (χ1n) is 9.41. The van der Waals surface area contributed by atoms with Crippen molar-refractivity contribution in [3.8, 4) is 17.0 Å². The number of rotatable bonds is 5. The molecule has 7 nitrogen and oxygen atoms in total. The Kier molecular flexibility index (Phi) is 5.48. The molecule has 1 aromatic heterocycles. The van der Waals surface area contributed by atoms with Crippen LogP contribution in [0.3, 0.4) is 0 Å². The van der Waals surface area contributed by atoms with E-state index >= 15 is 0 Å². The second-order valence-corrected chi connectivity index (χ2v) is 9.64. The van der Waals surface area contributed by atoms with Crippen LogP contribution in [0.4, 0.5) is 5.13 Å². The fourth-order valence-electron chi connectivity index (χ4n) is 3.29. The fraction of sp³-hybridized carbons (Fsp3) is 0.238. The molecule has 3 aromatic rings. The monoisotopic (exact) mass is 443 g/mol. The summed E-state index contributed by atoms with van der Waals surface area (Å²) in [5.41, 5.74) is 3.35. The summed E-state index contributed by atoms with van der Waals surface area (Å²) < 4.78 is 33.4. The van der Waals surface area contributed by atoms with Crippen molar-refractivity contribution in [3.63, 3.8) is 0 Å². The highest BCUT2D eigenvalue weighted by molar-refractivity contribution is 7.93. The first-order valence-corrected chi connectivity index (χ1v) is 11.8. The topological polar surface area (TPSA) is 97.4 Å². The van der Waals surface area contributed by atoms with Crippen LogP contribution in [0, 0.1) is 6.92 Å². The number of hydrogen-bond acceptors (Lipinski definition) is 6. The second-order valence-electron chi connectivity index (χ2n) is 7.10. The van der Waals surface area contributed by atoms with E-state index in [0.717, 1.165) is 22.4 Å². The van der Waals surface area contributed by atoms with Crippen LogP contribution in [0.25, 0.3) is 11.3 Å². The summed E-state index contributed by atoms with van der Waals surface area (Å²) in [6, 6.07) is 12.2. The van der Waals surface area contributed by atoms with E-state index in [4.69, 9.17) is 4.74 Å². The number of carbonyl (C=O) groups is 1. The van der Waals surface area contributed by atoms with Gasteiger partial charge in [0.25, 0.3) is 10.0 Å². The summed E-state index contributed by atoms with van der Waals surface area (Å²) in [5.74, 6) is 0.638. The first-order chi connectivity index (χ1) is 14.3. The highest BCUT2D eigenvalue weighted by Gasteiger charge is 2.23. The van der Waals surface area contributed by atoms with Crippen molar-refractivity contribution in [2.75, 3.05) is 11.3 Å². The summed E-state index contributed by atoms with van der Waals surface area (Å²) >= 11 is 1.22. The van der Waals surface area contributed by atoms with Crippen molar-refractivity contribution in [2.24, 2.45) is 0 Å². The van der Waals surface area contributed by atoms with Gasteiger partial charge in [-0.05, 0) is 37.3 Å². The lowest BCUT2D eigenvalue weighted by Crippen LogP contribution is -2.30. The summed E-state index contributed by atoms with van der Waals surface area (Å²) in [6.07, 6.45) is 0.689. The molecular weight excluding hydrogens is 422 g/mol. The van der Waals surface area contributed by atoms with Crippen LogP contribution in [-0.4, -0.2) is 25.9 Å². The molecule has 0 bridgehead atoms. The lowest BCUT2D eigenvalue weighted by molar-refractivity contribution is -0.119. The summed E-state index contributed by atoms with van der Waals surface area (Å²) in [4.78, 5) is 16.2. The standard InChI is InChI=1S/C21H21N3O4S2/c1-13-3-6-16(7-4-13)30(26,27)24-21-23-19(12-29-21)15-5-8-20-17(11-15)18(9-10-28-20)22-14(2)25/h3-8,11-12,18H,9-10H2,1-2H3,(H,22,25)(H,23,24). The number of fused-ring (bicyclic) bond motifs is 1. The molecule has 156 valence electrons. The highest BCUT2D eigenvalue weighted by atomic mass is 32.2. The summed E-state index contributed by atoms with van der Waals surface area (Å²) in [5, 5.41) is 5.03. The van der Waals surface area contributed by atoms with E-state index in [9.17, 15) is 13.2 Å². The molecule has 2 N–H and O–H groups in total. The molecule has 2 aromatic carbocycles. The van der Waals surface area contributed by atoms with Gasteiger partial charge in [0.2, 0.25) is 5.91 Å². The Morgan fingerprint density at radius 1 is 1.20 bits per heavy atom. The number of thiazole rings is 1. The number of nitrogens with one attached hydrogen (secondary N) is 2. The molecule has 0 saturated heterocycles. The normalized spacial score (nSPS) is 15.7. The van der Waals surface area contributed by atoms with E-state index in [1.54, 1.807) is 29.6 Å². The third-order valence-corrected chi connectivity index (χ3v) is 7.02. The van der Waals surface area contributed by atoms with E-state index in [1.807, 2.05) is 25.1 Å². The molecule has 1 amide bonds. The molecule has 0 saturated carbocycles. The van der Waals surface area contributed by atoms with Gasteiger partial charge in [-0.2, -0.15) is 0 Å². The number of aryl methyl sites for hydroxylation is 1. The van der Waals surface area contributed by atoms with Crippen molar-refractivity contribution >= 4 is 32.4 Å². The van der Waals surface area contributed by atoms with Crippen molar-refractivity contribution < 1.29 is 17.9 Å². The summed E-state index contributed by atoms with van der Waals surface area (Å²) in [7, 11) is -3.71. The molecule has 1 atom stereocenters. The number of ether oxygens (including phenoxy) is 1. The Bertz CT molecular complexity index is 1190. The number of nitrogens with zero attached hydrogens (tertiary/aromatic N) is 1. The van der Waals surface area contributed by atoms with Gasteiger partial charge in [-0.3, -0.25) is 9.52 Å². The Morgan fingerprint density at radius 2 is 1.97 bits per heavy atom. The van der Waals surface area contributed by atoms with Gasteiger partial charge in [0.1, 0.15) is 5.75 Å².